The van der Waals surface area contributed by atoms with E-state index in [1.165, 1.54) is 11.5 Å². The third kappa shape index (κ3) is 4.88. The van der Waals surface area contributed by atoms with Crippen LogP contribution in [0.5, 0.6) is 0 Å². The van der Waals surface area contributed by atoms with Gasteiger partial charge in [0, 0.05) is 24.7 Å². The first-order chi connectivity index (χ1) is 7.24. The molecule has 4 nitrogen and oxygen atoms in total. The highest BCUT2D eigenvalue weighted by molar-refractivity contribution is 7.10. The van der Waals surface area contributed by atoms with Gasteiger partial charge in [-0.05, 0) is 32.9 Å². The Kier molecular flexibility index (Phi) is 6.09. The number of aliphatic hydroxyl groups is 1. The van der Waals surface area contributed by atoms with E-state index in [1.807, 2.05) is 7.05 Å². The van der Waals surface area contributed by atoms with Gasteiger partial charge in [-0.25, -0.2) is 0 Å². The number of hydrogen-bond acceptors (Lipinski definition) is 5. The Morgan fingerprint density at radius 2 is 2.20 bits per heavy atom. The molecule has 0 aliphatic heterocycles. The standard InChI is InChI=1S/C9H16ClN3OS/c1-13(5-3-2-4-6-14)7-8-9(10)15-12-11-8/h14H,2-7H2,1H3. The minimum atomic E-state index is 0.283. The van der Waals surface area contributed by atoms with Crippen LogP contribution < -0.4 is 0 Å². The second kappa shape index (κ2) is 7.11. The predicted octanol–water partition coefficient (Wildman–Crippen LogP) is 1.79. The van der Waals surface area contributed by atoms with Gasteiger partial charge in [-0.15, -0.1) is 5.10 Å². The third-order valence-electron chi connectivity index (χ3n) is 2.13. The van der Waals surface area contributed by atoms with E-state index in [9.17, 15) is 0 Å². The van der Waals surface area contributed by atoms with Crippen molar-refractivity contribution >= 4 is 23.1 Å². The molecule has 0 spiro atoms. The van der Waals surface area contributed by atoms with Crippen molar-refractivity contribution in [3.63, 3.8) is 0 Å². The van der Waals surface area contributed by atoms with Crippen LogP contribution in [-0.4, -0.2) is 39.8 Å². The van der Waals surface area contributed by atoms with Gasteiger partial charge in [0.15, 0.2) is 0 Å². The molecule has 1 heterocycles. The van der Waals surface area contributed by atoms with Crippen molar-refractivity contribution in [2.24, 2.45) is 0 Å². The fraction of sp³-hybridized carbons (Fsp3) is 0.778. The molecule has 0 bridgehead atoms. The van der Waals surface area contributed by atoms with E-state index in [-0.39, 0.29) is 6.61 Å². The van der Waals surface area contributed by atoms with E-state index < -0.39 is 0 Å². The molecule has 1 rings (SSSR count). The van der Waals surface area contributed by atoms with Gasteiger partial charge in [0.2, 0.25) is 0 Å². The summed E-state index contributed by atoms with van der Waals surface area (Å²) in [5, 5.41) is 12.6. The topological polar surface area (TPSA) is 49.2 Å². The minimum absolute atomic E-state index is 0.283. The van der Waals surface area contributed by atoms with Crippen LogP contribution in [0.4, 0.5) is 0 Å². The molecule has 0 atom stereocenters. The molecule has 6 heteroatoms. The zero-order valence-electron chi connectivity index (χ0n) is 8.82. The fourth-order valence-electron chi connectivity index (χ4n) is 1.30. The van der Waals surface area contributed by atoms with Crippen molar-refractivity contribution in [3.8, 4) is 0 Å². The first-order valence-corrected chi connectivity index (χ1v) is 6.15. The second-order valence-corrected chi connectivity index (χ2v) is 4.87. The SMILES string of the molecule is CN(CCCCCO)Cc1nnsc1Cl. The van der Waals surface area contributed by atoms with Crippen molar-refractivity contribution in [2.75, 3.05) is 20.2 Å². The summed E-state index contributed by atoms with van der Waals surface area (Å²) in [5.41, 5.74) is 0.853. The molecule has 1 aromatic heterocycles. The van der Waals surface area contributed by atoms with Crippen LogP contribution in [0.2, 0.25) is 4.34 Å². The van der Waals surface area contributed by atoms with Gasteiger partial charge < -0.3 is 10.0 Å². The Bertz CT molecular complexity index is 282. The van der Waals surface area contributed by atoms with E-state index in [4.69, 9.17) is 16.7 Å². The van der Waals surface area contributed by atoms with Gasteiger partial charge in [0.1, 0.15) is 10.0 Å². The summed E-state index contributed by atoms with van der Waals surface area (Å²) in [6.45, 7) is 2.02. The van der Waals surface area contributed by atoms with Crippen LogP contribution >= 0.6 is 23.1 Å². The monoisotopic (exact) mass is 249 g/mol. The molecule has 0 aliphatic carbocycles. The summed E-state index contributed by atoms with van der Waals surface area (Å²) < 4.78 is 4.46. The van der Waals surface area contributed by atoms with Crippen LogP contribution in [0.15, 0.2) is 0 Å². The van der Waals surface area contributed by atoms with Crippen LogP contribution in [0.3, 0.4) is 0 Å². The van der Waals surface area contributed by atoms with E-state index in [0.29, 0.717) is 4.34 Å². The first-order valence-electron chi connectivity index (χ1n) is 5.00. The smallest absolute Gasteiger partial charge is 0.138 e. The number of aromatic nitrogens is 2. The fourth-order valence-corrected chi connectivity index (χ4v) is 1.91. The highest BCUT2D eigenvalue weighted by Gasteiger charge is 2.07. The average molecular weight is 250 g/mol. The molecule has 0 unspecified atom stereocenters. The Balaban J connectivity index is 2.18. The van der Waals surface area contributed by atoms with Crippen LogP contribution in [-0.2, 0) is 6.54 Å². The van der Waals surface area contributed by atoms with E-state index in [0.717, 1.165) is 38.0 Å². The summed E-state index contributed by atoms with van der Waals surface area (Å²) >= 11 is 7.12. The van der Waals surface area contributed by atoms with Gasteiger partial charge in [0.25, 0.3) is 0 Å². The third-order valence-corrected chi connectivity index (χ3v) is 3.11. The summed E-state index contributed by atoms with van der Waals surface area (Å²) in [6, 6.07) is 0. The van der Waals surface area contributed by atoms with Crippen LogP contribution in [0, 0.1) is 0 Å². The molecule has 1 N–H and O–H groups in total. The predicted molar refractivity (Wildman–Crippen MR) is 62.2 cm³/mol. The zero-order chi connectivity index (χ0) is 11.1. The van der Waals surface area contributed by atoms with Crippen molar-refractivity contribution in [3.05, 3.63) is 10.0 Å². The number of rotatable bonds is 7. The Morgan fingerprint density at radius 3 is 2.80 bits per heavy atom. The van der Waals surface area contributed by atoms with Crippen molar-refractivity contribution in [1.29, 1.82) is 0 Å². The number of aliphatic hydroxyl groups excluding tert-OH is 1. The molecule has 0 amide bonds. The molecule has 0 aliphatic rings. The van der Waals surface area contributed by atoms with Crippen molar-refractivity contribution in [1.82, 2.24) is 14.5 Å². The first kappa shape index (κ1) is 12.8. The van der Waals surface area contributed by atoms with Gasteiger partial charge in [-0.2, -0.15) is 0 Å². The van der Waals surface area contributed by atoms with Crippen molar-refractivity contribution < 1.29 is 5.11 Å². The summed E-state index contributed by atoms with van der Waals surface area (Å²) in [6.07, 6.45) is 3.03. The second-order valence-electron chi connectivity index (χ2n) is 3.52. The molecule has 0 aromatic carbocycles. The molecule has 86 valence electrons. The molecular formula is C9H16ClN3OS. The molecule has 0 radical (unpaired) electrons. The number of unbranched alkanes of at least 4 members (excludes halogenated alkanes) is 2. The minimum Gasteiger partial charge on any atom is -0.396 e. The molecule has 0 saturated heterocycles. The number of nitrogens with zero attached hydrogens (tertiary/aromatic N) is 3. The molecule has 0 fully saturated rings. The summed E-state index contributed by atoms with van der Waals surface area (Å²) in [7, 11) is 2.04. The highest BCUT2D eigenvalue weighted by Crippen LogP contribution is 2.18. The lowest BCUT2D eigenvalue weighted by molar-refractivity contribution is 0.270. The van der Waals surface area contributed by atoms with E-state index in [1.54, 1.807) is 0 Å². The van der Waals surface area contributed by atoms with Gasteiger partial charge in [-0.1, -0.05) is 16.1 Å². The number of halogens is 1. The molecule has 1 aromatic rings. The summed E-state index contributed by atoms with van der Waals surface area (Å²) in [5.74, 6) is 0. The van der Waals surface area contributed by atoms with Gasteiger partial charge in [-0.3, -0.25) is 0 Å². The lowest BCUT2D eigenvalue weighted by Crippen LogP contribution is -2.19. The van der Waals surface area contributed by atoms with Crippen LogP contribution in [0.1, 0.15) is 25.0 Å². The highest BCUT2D eigenvalue weighted by atomic mass is 35.5. The average Bonchev–Trinajstić information content (AvgIpc) is 2.59. The zero-order valence-corrected chi connectivity index (χ0v) is 10.4. The lowest BCUT2D eigenvalue weighted by Gasteiger charge is -2.14. The maximum Gasteiger partial charge on any atom is 0.138 e. The molecular weight excluding hydrogens is 234 g/mol. The number of hydrogen-bond donors (Lipinski definition) is 1. The van der Waals surface area contributed by atoms with E-state index >= 15 is 0 Å². The van der Waals surface area contributed by atoms with Crippen molar-refractivity contribution in [2.45, 2.75) is 25.8 Å². The normalized spacial score (nSPS) is 11.2. The van der Waals surface area contributed by atoms with Crippen LogP contribution in [0.25, 0.3) is 0 Å². The lowest BCUT2D eigenvalue weighted by atomic mass is 10.2. The van der Waals surface area contributed by atoms with E-state index in [2.05, 4.69) is 14.5 Å². The van der Waals surface area contributed by atoms with Gasteiger partial charge >= 0.3 is 0 Å². The quantitative estimate of drug-likeness (QED) is 0.749. The largest absolute Gasteiger partial charge is 0.396 e. The molecule has 15 heavy (non-hydrogen) atoms. The maximum atomic E-state index is 8.63. The molecule has 0 saturated carbocycles. The summed E-state index contributed by atoms with van der Waals surface area (Å²) in [4.78, 5) is 2.17. The van der Waals surface area contributed by atoms with Gasteiger partial charge in [0.05, 0.1) is 0 Å². The Morgan fingerprint density at radius 1 is 1.40 bits per heavy atom. The Labute approximate surface area is 99.0 Å². The maximum absolute atomic E-state index is 8.63. The Hall–Kier alpha value is -0.230.